The first-order chi connectivity index (χ1) is 9.65. The predicted octanol–water partition coefficient (Wildman–Crippen LogP) is 3.08. The van der Waals surface area contributed by atoms with Gasteiger partial charge < -0.3 is 10.2 Å². The van der Waals surface area contributed by atoms with Crippen LogP contribution in [-0.2, 0) is 0 Å². The van der Waals surface area contributed by atoms with Crippen LogP contribution in [0.2, 0.25) is 0 Å². The van der Waals surface area contributed by atoms with Crippen LogP contribution < -0.4 is 5.32 Å². The van der Waals surface area contributed by atoms with Crippen molar-refractivity contribution in [2.45, 2.75) is 12.8 Å². The predicted molar refractivity (Wildman–Crippen MR) is 86.3 cm³/mol. The van der Waals surface area contributed by atoms with Crippen LogP contribution in [0.25, 0.3) is 0 Å². The molecular weight excluding hydrogens is 359 g/mol. The molecule has 3 nitrogen and oxygen atoms in total. The molecule has 3 rings (SSSR count). The van der Waals surface area contributed by atoms with Crippen LogP contribution in [0.5, 0.6) is 0 Å². The molecule has 116 valence electrons. The van der Waals surface area contributed by atoms with Gasteiger partial charge in [-0.2, -0.15) is 0 Å². The number of amides is 1. The molecule has 6 heteroatoms. The van der Waals surface area contributed by atoms with Crippen LogP contribution in [0.1, 0.15) is 23.2 Å². The standard InChI is InChI=1S/C15H18BrFN2O.ClH/c16-13-2-1-10(7-14(13)17)15(20)19-5-3-11-8-18-9-12(11)4-6-19;/h1-2,7,11-12,18H,3-6,8-9H2;1H/t11-,12+;. The van der Waals surface area contributed by atoms with Crippen LogP contribution in [0.3, 0.4) is 0 Å². The SMILES string of the molecule is Cl.O=C(c1ccc(Br)c(F)c1)N1CC[C@@H]2CNC[C@@H]2CC1. The summed E-state index contributed by atoms with van der Waals surface area (Å²) in [4.78, 5) is 14.3. The molecule has 0 spiro atoms. The Labute approximate surface area is 138 Å². The van der Waals surface area contributed by atoms with Gasteiger partial charge in [-0.15, -0.1) is 12.4 Å². The normalized spacial score (nSPS) is 25.0. The number of nitrogens with one attached hydrogen (secondary N) is 1. The average molecular weight is 378 g/mol. The number of halogens is 3. The summed E-state index contributed by atoms with van der Waals surface area (Å²) in [6, 6.07) is 4.60. The zero-order valence-electron chi connectivity index (χ0n) is 11.6. The summed E-state index contributed by atoms with van der Waals surface area (Å²) in [5, 5.41) is 3.42. The maximum atomic E-state index is 13.5. The molecule has 0 aromatic heterocycles. The lowest BCUT2D eigenvalue weighted by Crippen LogP contribution is -2.32. The number of nitrogens with zero attached hydrogens (tertiary/aromatic N) is 1. The van der Waals surface area contributed by atoms with Gasteiger partial charge in [0, 0.05) is 18.7 Å². The minimum Gasteiger partial charge on any atom is -0.339 e. The lowest BCUT2D eigenvalue weighted by atomic mass is 9.92. The fourth-order valence-corrected chi connectivity index (χ4v) is 3.48. The number of benzene rings is 1. The van der Waals surface area contributed by atoms with E-state index in [1.54, 1.807) is 12.1 Å². The molecule has 0 aliphatic carbocycles. The monoisotopic (exact) mass is 376 g/mol. The molecule has 1 amide bonds. The zero-order valence-corrected chi connectivity index (χ0v) is 14.1. The Morgan fingerprint density at radius 1 is 1.24 bits per heavy atom. The third-order valence-electron chi connectivity index (χ3n) is 4.47. The van der Waals surface area contributed by atoms with Gasteiger partial charge >= 0.3 is 0 Å². The summed E-state index contributed by atoms with van der Waals surface area (Å²) in [6.45, 7) is 3.69. The highest BCUT2D eigenvalue weighted by Gasteiger charge is 2.31. The summed E-state index contributed by atoms with van der Waals surface area (Å²) >= 11 is 3.11. The minimum absolute atomic E-state index is 0. The molecule has 2 fully saturated rings. The second-order valence-corrected chi connectivity index (χ2v) is 6.53. The summed E-state index contributed by atoms with van der Waals surface area (Å²) in [7, 11) is 0. The van der Waals surface area contributed by atoms with Crippen molar-refractivity contribution in [3.8, 4) is 0 Å². The highest BCUT2D eigenvalue weighted by atomic mass is 79.9. The van der Waals surface area contributed by atoms with Gasteiger partial charge in [0.05, 0.1) is 4.47 Å². The van der Waals surface area contributed by atoms with E-state index in [-0.39, 0.29) is 24.1 Å². The van der Waals surface area contributed by atoms with Crippen LogP contribution >= 0.6 is 28.3 Å². The Morgan fingerprint density at radius 3 is 2.43 bits per heavy atom. The van der Waals surface area contributed by atoms with Crippen molar-refractivity contribution >= 4 is 34.2 Å². The van der Waals surface area contributed by atoms with Crippen molar-refractivity contribution in [3.63, 3.8) is 0 Å². The molecule has 1 aromatic carbocycles. The Kier molecular flexibility index (Phi) is 5.63. The molecule has 0 radical (unpaired) electrons. The summed E-state index contributed by atoms with van der Waals surface area (Å²) in [6.07, 6.45) is 2.09. The third kappa shape index (κ3) is 3.58. The van der Waals surface area contributed by atoms with Gasteiger partial charge in [-0.25, -0.2) is 4.39 Å². The van der Waals surface area contributed by atoms with Gasteiger partial charge in [0.25, 0.3) is 5.91 Å². The summed E-state index contributed by atoms with van der Waals surface area (Å²) < 4.78 is 13.9. The molecule has 0 bridgehead atoms. The van der Waals surface area contributed by atoms with Crippen molar-refractivity contribution in [2.24, 2.45) is 11.8 Å². The molecule has 2 aliphatic heterocycles. The Balaban J connectivity index is 0.00000161. The topological polar surface area (TPSA) is 32.3 Å². The molecule has 1 aromatic rings. The number of rotatable bonds is 1. The van der Waals surface area contributed by atoms with Gasteiger partial charge in [-0.3, -0.25) is 4.79 Å². The van der Waals surface area contributed by atoms with Gasteiger partial charge in [0.15, 0.2) is 0 Å². The number of hydrogen-bond donors (Lipinski definition) is 1. The fourth-order valence-electron chi connectivity index (χ4n) is 3.23. The number of carbonyl (C=O) groups excluding carboxylic acids is 1. The highest BCUT2D eigenvalue weighted by molar-refractivity contribution is 9.10. The Morgan fingerprint density at radius 2 is 1.86 bits per heavy atom. The van der Waals surface area contributed by atoms with Crippen LogP contribution in [-0.4, -0.2) is 37.0 Å². The first-order valence-electron chi connectivity index (χ1n) is 7.10. The lowest BCUT2D eigenvalue weighted by Gasteiger charge is -2.21. The zero-order chi connectivity index (χ0) is 14.1. The average Bonchev–Trinajstić information content (AvgIpc) is 2.80. The molecule has 2 aliphatic rings. The number of carbonyl (C=O) groups is 1. The van der Waals surface area contributed by atoms with Gasteiger partial charge in [0.2, 0.25) is 0 Å². The molecule has 0 saturated carbocycles. The molecule has 0 unspecified atom stereocenters. The van der Waals surface area contributed by atoms with Crippen molar-refractivity contribution in [1.82, 2.24) is 10.2 Å². The molecule has 21 heavy (non-hydrogen) atoms. The van der Waals surface area contributed by atoms with E-state index in [9.17, 15) is 9.18 Å². The maximum absolute atomic E-state index is 13.5. The third-order valence-corrected chi connectivity index (χ3v) is 5.12. The number of hydrogen-bond acceptors (Lipinski definition) is 2. The maximum Gasteiger partial charge on any atom is 0.253 e. The Bertz CT molecular complexity index is 514. The first-order valence-corrected chi connectivity index (χ1v) is 7.89. The smallest absolute Gasteiger partial charge is 0.253 e. The second kappa shape index (κ2) is 7.07. The van der Waals surface area contributed by atoms with E-state index in [1.165, 1.54) is 6.07 Å². The van der Waals surface area contributed by atoms with Gasteiger partial charge in [-0.1, -0.05) is 0 Å². The van der Waals surface area contributed by atoms with Crippen LogP contribution in [0.4, 0.5) is 4.39 Å². The first kappa shape index (κ1) is 16.7. The quantitative estimate of drug-likeness (QED) is 0.816. The van der Waals surface area contributed by atoms with E-state index in [1.807, 2.05) is 4.90 Å². The van der Waals surface area contributed by atoms with E-state index in [4.69, 9.17) is 0 Å². The van der Waals surface area contributed by atoms with E-state index >= 15 is 0 Å². The minimum atomic E-state index is -0.383. The molecule has 2 heterocycles. The van der Waals surface area contributed by atoms with Crippen molar-refractivity contribution < 1.29 is 9.18 Å². The van der Waals surface area contributed by atoms with E-state index in [2.05, 4.69) is 21.2 Å². The van der Waals surface area contributed by atoms with E-state index in [0.29, 0.717) is 21.9 Å². The Hall–Kier alpha value is -0.650. The fraction of sp³-hybridized carbons (Fsp3) is 0.533. The number of fused-ring (bicyclic) bond motifs is 1. The highest BCUT2D eigenvalue weighted by Crippen LogP contribution is 2.28. The second-order valence-electron chi connectivity index (χ2n) is 5.68. The lowest BCUT2D eigenvalue weighted by molar-refractivity contribution is 0.0758. The molecule has 1 N–H and O–H groups in total. The van der Waals surface area contributed by atoms with E-state index in [0.717, 1.165) is 39.0 Å². The molecular formula is C15H19BrClFN2O. The summed E-state index contributed by atoms with van der Waals surface area (Å²) in [5.74, 6) is 0.944. The van der Waals surface area contributed by atoms with Crippen molar-refractivity contribution in [2.75, 3.05) is 26.2 Å². The van der Waals surface area contributed by atoms with Gasteiger partial charge in [0.1, 0.15) is 5.82 Å². The van der Waals surface area contributed by atoms with Crippen LogP contribution in [0.15, 0.2) is 22.7 Å². The van der Waals surface area contributed by atoms with E-state index < -0.39 is 0 Å². The van der Waals surface area contributed by atoms with Crippen LogP contribution in [0, 0.1) is 17.7 Å². The summed E-state index contributed by atoms with van der Waals surface area (Å²) in [5.41, 5.74) is 0.441. The van der Waals surface area contributed by atoms with Crippen molar-refractivity contribution in [1.29, 1.82) is 0 Å². The van der Waals surface area contributed by atoms with Gasteiger partial charge in [-0.05, 0) is 71.9 Å². The van der Waals surface area contributed by atoms with Crippen molar-refractivity contribution in [3.05, 3.63) is 34.1 Å². The molecule has 2 atom stereocenters. The molecule has 2 saturated heterocycles. The largest absolute Gasteiger partial charge is 0.339 e. The number of likely N-dealkylation sites (tertiary alicyclic amines) is 1.